The van der Waals surface area contributed by atoms with Crippen molar-refractivity contribution in [1.82, 2.24) is 15.5 Å². The SMILES string of the molecule is CC(=O)NC(C(=O)N1CCCC1C(=O)N[C@H](C)C(=O)OCc1ccccc1)c1ccccc1. The Kier molecular flexibility index (Phi) is 8.18. The molecule has 1 fully saturated rings. The van der Waals surface area contributed by atoms with Gasteiger partial charge in [-0.05, 0) is 30.9 Å². The van der Waals surface area contributed by atoms with Crippen LogP contribution in [-0.4, -0.2) is 47.2 Å². The first-order chi connectivity index (χ1) is 15.9. The van der Waals surface area contributed by atoms with E-state index in [0.717, 1.165) is 5.56 Å². The van der Waals surface area contributed by atoms with E-state index in [1.165, 1.54) is 11.8 Å². The number of nitrogens with one attached hydrogen (secondary N) is 2. The van der Waals surface area contributed by atoms with Crippen LogP contribution >= 0.6 is 0 Å². The maximum Gasteiger partial charge on any atom is 0.328 e. The van der Waals surface area contributed by atoms with E-state index in [-0.39, 0.29) is 18.4 Å². The van der Waals surface area contributed by atoms with E-state index in [2.05, 4.69) is 10.6 Å². The van der Waals surface area contributed by atoms with E-state index in [1.807, 2.05) is 36.4 Å². The van der Waals surface area contributed by atoms with Gasteiger partial charge in [-0.1, -0.05) is 60.7 Å². The standard InChI is InChI=1S/C25H29N3O5/c1-17(25(32)33-16-19-10-5-3-6-11-19)26-23(30)21-14-9-15-28(21)24(31)22(27-18(2)29)20-12-7-4-8-13-20/h3-8,10-13,17,21-22H,9,14-16H2,1-2H3,(H,26,30)(H,27,29)/t17-,21?,22?/m1/s1. The highest BCUT2D eigenvalue weighted by atomic mass is 16.5. The summed E-state index contributed by atoms with van der Waals surface area (Å²) in [5.74, 6) is -1.66. The van der Waals surface area contributed by atoms with Crippen molar-refractivity contribution in [3.8, 4) is 0 Å². The molecule has 2 aromatic carbocycles. The van der Waals surface area contributed by atoms with E-state index < -0.39 is 30.0 Å². The summed E-state index contributed by atoms with van der Waals surface area (Å²) in [5.41, 5.74) is 1.49. The Morgan fingerprint density at radius 1 is 1.00 bits per heavy atom. The normalized spacial score (nSPS) is 17.0. The van der Waals surface area contributed by atoms with Gasteiger partial charge in [0.15, 0.2) is 0 Å². The van der Waals surface area contributed by atoms with E-state index in [1.54, 1.807) is 31.2 Å². The van der Waals surface area contributed by atoms with E-state index in [9.17, 15) is 19.2 Å². The summed E-state index contributed by atoms with van der Waals surface area (Å²) in [4.78, 5) is 51.8. The van der Waals surface area contributed by atoms with Crippen LogP contribution in [0.4, 0.5) is 0 Å². The number of rotatable bonds is 8. The van der Waals surface area contributed by atoms with Gasteiger partial charge in [0, 0.05) is 13.5 Å². The van der Waals surface area contributed by atoms with Crippen molar-refractivity contribution in [2.24, 2.45) is 0 Å². The predicted molar refractivity (Wildman–Crippen MR) is 122 cm³/mol. The smallest absolute Gasteiger partial charge is 0.328 e. The molecule has 1 saturated heterocycles. The molecule has 3 rings (SSSR count). The number of likely N-dealkylation sites (tertiary alicyclic amines) is 1. The molecule has 0 aliphatic carbocycles. The lowest BCUT2D eigenvalue weighted by Crippen LogP contribution is -2.52. The molecule has 0 bridgehead atoms. The summed E-state index contributed by atoms with van der Waals surface area (Å²) in [6.45, 7) is 3.41. The second kappa shape index (κ2) is 11.3. The van der Waals surface area contributed by atoms with Gasteiger partial charge in [0.2, 0.25) is 17.7 Å². The molecule has 0 spiro atoms. The number of ether oxygens (including phenoxy) is 1. The monoisotopic (exact) mass is 451 g/mol. The molecule has 8 nitrogen and oxygen atoms in total. The van der Waals surface area contributed by atoms with Crippen LogP contribution in [0.5, 0.6) is 0 Å². The predicted octanol–water partition coefficient (Wildman–Crippen LogP) is 2.10. The van der Waals surface area contributed by atoms with Gasteiger partial charge in [0.1, 0.15) is 24.7 Å². The molecule has 2 unspecified atom stereocenters. The van der Waals surface area contributed by atoms with Crippen LogP contribution in [0.1, 0.15) is 43.9 Å². The van der Waals surface area contributed by atoms with Crippen LogP contribution < -0.4 is 10.6 Å². The number of hydrogen-bond acceptors (Lipinski definition) is 5. The lowest BCUT2D eigenvalue weighted by molar-refractivity contribution is -0.149. The van der Waals surface area contributed by atoms with Crippen LogP contribution in [-0.2, 0) is 30.5 Å². The molecule has 0 aromatic heterocycles. The molecule has 0 radical (unpaired) electrons. The molecule has 1 aliphatic heterocycles. The first kappa shape index (κ1) is 24.0. The van der Waals surface area contributed by atoms with Crippen molar-refractivity contribution in [2.45, 2.75) is 51.4 Å². The van der Waals surface area contributed by atoms with Crippen molar-refractivity contribution in [3.63, 3.8) is 0 Å². The number of carbonyl (C=O) groups excluding carboxylic acids is 4. The Bertz CT molecular complexity index is 980. The van der Waals surface area contributed by atoms with Crippen molar-refractivity contribution in [1.29, 1.82) is 0 Å². The van der Waals surface area contributed by atoms with E-state index in [4.69, 9.17) is 4.74 Å². The Hall–Kier alpha value is -3.68. The second-order valence-electron chi connectivity index (χ2n) is 8.06. The van der Waals surface area contributed by atoms with Crippen LogP contribution in [0.15, 0.2) is 60.7 Å². The zero-order chi connectivity index (χ0) is 23.8. The number of nitrogens with zero attached hydrogens (tertiary/aromatic N) is 1. The fourth-order valence-electron chi connectivity index (χ4n) is 3.83. The minimum absolute atomic E-state index is 0.114. The molecular formula is C25H29N3O5. The van der Waals surface area contributed by atoms with Gasteiger partial charge in [-0.15, -0.1) is 0 Å². The molecule has 8 heteroatoms. The molecule has 0 saturated carbocycles. The molecule has 2 aromatic rings. The van der Waals surface area contributed by atoms with Gasteiger partial charge in [0.05, 0.1) is 0 Å². The van der Waals surface area contributed by atoms with Gasteiger partial charge >= 0.3 is 5.97 Å². The molecule has 33 heavy (non-hydrogen) atoms. The highest BCUT2D eigenvalue weighted by molar-refractivity contribution is 5.94. The first-order valence-corrected chi connectivity index (χ1v) is 11.0. The number of esters is 1. The average Bonchev–Trinajstić information content (AvgIpc) is 3.32. The lowest BCUT2D eigenvalue weighted by atomic mass is 10.0. The Balaban J connectivity index is 1.63. The van der Waals surface area contributed by atoms with Gasteiger partial charge in [-0.2, -0.15) is 0 Å². The minimum atomic E-state index is -0.884. The highest BCUT2D eigenvalue weighted by Gasteiger charge is 2.38. The van der Waals surface area contributed by atoms with Crippen molar-refractivity contribution in [2.75, 3.05) is 6.54 Å². The summed E-state index contributed by atoms with van der Waals surface area (Å²) in [6, 6.07) is 15.7. The average molecular weight is 452 g/mol. The topological polar surface area (TPSA) is 105 Å². The molecule has 174 valence electrons. The van der Waals surface area contributed by atoms with Gasteiger partial charge in [-0.3, -0.25) is 14.4 Å². The van der Waals surface area contributed by atoms with Crippen molar-refractivity contribution in [3.05, 3.63) is 71.8 Å². The summed E-state index contributed by atoms with van der Waals surface area (Å²) in [5, 5.41) is 5.36. The van der Waals surface area contributed by atoms with Crippen LogP contribution in [0.25, 0.3) is 0 Å². The summed E-state index contributed by atoms with van der Waals surface area (Å²) >= 11 is 0. The van der Waals surface area contributed by atoms with Crippen molar-refractivity contribution < 1.29 is 23.9 Å². The molecule has 3 atom stereocenters. The zero-order valence-corrected chi connectivity index (χ0v) is 18.8. The van der Waals surface area contributed by atoms with Gasteiger partial charge in [-0.25, -0.2) is 4.79 Å². The third-order valence-corrected chi connectivity index (χ3v) is 5.50. The zero-order valence-electron chi connectivity index (χ0n) is 18.8. The second-order valence-corrected chi connectivity index (χ2v) is 8.06. The summed E-state index contributed by atoms with van der Waals surface area (Å²) < 4.78 is 5.29. The maximum absolute atomic E-state index is 13.3. The Labute approximate surface area is 193 Å². The van der Waals surface area contributed by atoms with Gasteiger partial charge < -0.3 is 20.3 Å². The summed E-state index contributed by atoms with van der Waals surface area (Å²) in [7, 11) is 0. The number of hydrogen-bond donors (Lipinski definition) is 2. The number of carbonyl (C=O) groups is 4. The largest absolute Gasteiger partial charge is 0.459 e. The van der Waals surface area contributed by atoms with Crippen LogP contribution in [0, 0.1) is 0 Å². The number of benzene rings is 2. The maximum atomic E-state index is 13.3. The van der Waals surface area contributed by atoms with E-state index in [0.29, 0.717) is 24.9 Å². The quantitative estimate of drug-likeness (QED) is 0.598. The minimum Gasteiger partial charge on any atom is -0.459 e. The fraction of sp³-hybridized carbons (Fsp3) is 0.360. The lowest BCUT2D eigenvalue weighted by Gasteiger charge is -2.29. The Morgan fingerprint density at radius 3 is 2.27 bits per heavy atom. The highest BCUT2D eigenvalue weighted by Crippen LogP contribution is 2.24. The summed E-state index contributed by atoms with van der Waals surface area (Å²) in [6.07, 6.45) is 1.13. The van der Waals surface area contributed by atoms with Crippen LogP contribution in [0.2, 0.25) is 0 Å². The number of amides is 3. The third-order valence-electron chi connectivity index (χ3n) is 5.50. The molecule has 2 N–H and O–H groups in total. The van der Waals surface area contributed by atoms with E-state index >= 15 is 0 Å². The molecule has 1 heterocycles. The van der Waals surface area contributed by atoms with Crippen molar-refractivity contribution >= 4 is 23.7 Å². The first-order valence-electron chi connectivity index (χ1n) is 11.0. The Morgan fingerprint density at radius 2 is 1.64 bits per heavy atom. The molecular weight excluding hydrogens is 422 g/mol. The molecule has 3 amide bonds. The third kappa shape index (κ3) is 6.41. The van der Waals surface area contributed by atoms with Crippen LogP contribution in [0.3, 0.4) is 0 Å². The molecule has 1 aliphatic rings. The van der Waals surface area contributed by atoms with Gasteiger partial charge in [0.25, 0.3) is 0 Å². The fourth-order valence-corrected chi connectivity index (χ4v) is 3.83.